The lowest BCUT2D eigenvalue weighted by atomic mass is 9.87. The van der Waals surface area contributed by atoms with Gasteiger partial charge >= 0.3 is 0 Å². The maximum absolute atomic E-state index is 12.3. The standard InChI is InChI=1S/C20H19Cl2N3O2S/c1-20(2,3)13-5-7-14(8-6-13)27-11-17-24-25-19(28-17)23-18(26)12-4-9-15(21)16(22)10-12/h4-10H,11H2,1-3H3,(H,23,25,26). The van der Waals surface area contributed by atoms with E-state index in [1.54, 1.807) is 12.1 Å². The molecule has 0 aliphatic rings. The first-order chi connectivity index (χ1) is 13.2. The van der Waals surface area contributed by atoms with Gasteiger partial charge in [0.05, 0.1) is 10.0 Å². The van der Waals surface area contributed by atoms with Crippen molar-refractivity contribution in [2.24, 2.45) is 0 Å². The average Bonchev–Trinajstić information content (AvgIpc) is 3.09. The highest BCUT2D eigenvalue weighted by molar-refractivity contribution is 7.15. The third-order valence-electron chi connectivity index (χ3n) is 3.95. The van der Waals surface area contributed by atoms with Crippen LogP contribution in [0.3, 0.4) is 0 Å². The summed E-state index contributed by atoms with van der Waals surface area (Å²) in [5.74, 6) is 0.421. The molecule has 1 amide bonds. The van der Waals surface area contributed by atoms with Gasteiger partial charge in [0.1, 0.15) is 12.4 Å². The van der Waals surface area contributed by atoms with Crippen LogP contribution in [0.5, 0.6) is 5.75 Å². The van der Waals surface area contributed by atoms with Gasteiger partial charge < -0.3 is 4.74 Å². The molecule has 1 heterocycles. The van der Waals surface area contributed by atoms with Gasteiger partial charge in [-0.05, 0) is 41.3 Å². The molecule has 0 unspecified atom stereocenters. The first-order valence-corrected chi connectivity index (χ1v) is 10.1. The minimum Gasteiger partial charge on any atom is -0.486 e. The number of halogens is 2. The molecule has 0 spiro atoms. The molecule has 5 nitrogen and oxygen atoms in total. The number of nitrogens with one attached hydrogen (secondary N) is 1. The SMILES string of the molecule is CC(C)(C)c1ccc(OCc2nnc(NC(=O)c3ccc(Cl)c(Cl)c3)s2)cc1. The Morgan fingerprint density at radius 3 is 2.43 bits per heavy atom. The van der Waals surface area contributed by atoms with Crippen LogP contribution in [0.4, 0.5) is 5.13 Å². The molecule has 0 fully saturated rings. The van der Waals surface area contributed by atoms with E-state index in [2.05, 4.69) is 48.4 Å². The monoisotopic (exact) mass is 435 g/mol. The highest BCUT2D eigenvalue weighted by atomic mass is 35.5. The fraction of sp³-hybridized carbons (Fsp3) is 0.250. The molecule has 3 rings (SSSR count). The highest BCUT2D eigenvalue weighted by Crippen LogP contribution is 2.26. The van der Waals surface area contributed by atoms with Crippen molar-refractivity contribution < 1.29 is 9.53 Å². The fourth-order valence-electron chi connectivity index (χ4n) is 2.37. The Bertz CT molecular complexity index is 982. The largest absolute Gasteiger partial charge is 0.486 e. The van der Waals surface area contributed by atoms with Gasteiger partial charge in [0, 0.05) is 5.56 Å². The Labute approximate surface area is 177 Å². The summed E-state index contributed by atoms with van der Waals surface area (Å²) >= 11 is 13.1. The van der Waals surface area contributed by atoms with E-state index in [4.69, 9.17) is 27.9 Å². The molecule has 1 aromatic heterocycles. The van der Waals surface area contributed by atoms with Crippen LogP contribution >= 0.6 is 34.5 Å². The van der Waals surface area contributed by atoms with E-state index in [1.165, 1.54) is 23.0 Å². The van der Waals surface area contributed by atoms with Crippen molar-refractivity contribution in [1.82, 2.24) is 10.2 Å². The normalized spacial score (nSPS) is 11.3. The third-order valence-corrected chi connectivity index (χ3v) is 5.50. The summed E-state index contributed by atoms with van der Waals surface area (Å²) in [6.45, 7) is 6.77. The van der Waals surface area contributed by atoms with Crippen LogP contribution in [-0.2, 0) is 12.0 Å². The minimum absolute atomic E-state index is 0.0964. The van der Waals surface area contributed by atoms with Crippen molar-refractivity contribution in [2.75, 3.05) is 5.32 Å². The smallest absolute Gasteiger partial charge is 0.257 e. The van der Waals surface area contributed by atoms with Gasteiger partial charge in [0.15, 0.2) is 5.01 Å². The van der Waals surface area contributed by atoms with Crippen LogP contribution in [-0.4, -0.2) is 16.1 Å². The maximum atomic E-state index is 12.3. The molecule has 2 aromatic carbocycles. The number of benzene rings is 2. The zero-order valence-corrected chi connectivity index (χ0v) is 18.0. The Balaban J connectivity index is 1.58. The van der Waals surface area contributed by atoms with Crippen molar-refractivity contribution in [3.63, 3.8) is 0 Å². The Morgan fingerprint density at radius 1 is 1.07 bits per heavy atom. The Hall–Kier alpha value is -2.15. The molecule has 3 aromatic rings. The molecule has 0 aliphatic heterocycles. The van der Waals surface area contributed by atoms with Crippen LogP contribution < -0.4 is 10.1 Å². The van der Waals surface area contributed by atoms with Crippen molar-refractivity contribution in [3.05, 3.63) is 68.6 Å². The summed E-state index contributed by atoms with van der Waals surface area (Å²) in [5, 5.41) is 12.5. The molecule has 0 radical (unpaired) electrons. The predicted octanol–water partition coefficient (Wildman–Crippen LogP) is 5.97. The maximum Gasteiger partial charge on any atom is 0.257 e. The summed E-state index contributed by atoms with van der Waals surface area (Å²) < 4.78 is 5.75. The van der Waals surface area contributed by atoms with Crippen molar-refractivity contribution in [3.8, 4) is 5.75 Å². The van der Waals surface area contributed by atoms with Gasteiger partial charge in [0.25, 0.3) is 5.91 Å². The number of hydrogen-bond acceptors (Lipinski definition) is 5. The van der Waals surface area contributed by atoms with E-state index in [1.807, 2.05) is 12.1 Å². The van der Waals surface area contributed by atoms with E-state index in [-0.39, 0.29) is 17.9 Å². The summed E-state index contributed by atoms with van der Waals surface area (Å²) in [7, 11) is 0. The average molecular weight is 436 g/mol. The summed E-state index contributed by atoms with van der Waals surface area (Å²) in [5.41, 5.74) is 1.73. The number of carbonyl (C=O) groups is 1. The third kappa shape index (κ3) is 5.22. The summed E-state index contributed by atoms with van der Waals surface area (Å²) in [6, 6.07) is 12.7. The zero-order chi connectivity index (χ0) is 20.3. The molecule has 1 N–H and O–H groups in total. The second kappa shape index (κ2) is 8.47. The quantitative estimate of drug-likeness (QED) is 0.535. The van der Waals surface area contributed by atoms with Crippen LogP contribution in [0.1, 0.15) is 41.7 Å². The molecular weight excluding hydrogens is 417 g/mol. The second-order valence-electron chi connectivity index (χ2n) is 7.15. The van der Waals surface area contributed by atoms with Gasteiger partial charge in [-0.1, -0.05) is 67.4 Å². The molecule has 146 valence electrons. The lowest BCUT2D eigenvalue weighted by molar-refractivity contribution is 0.102. The number of anilines is 1. The van der Waals surface area contributed by atoms with Gasteiger partial charge in [-0.15, -0.1) is 10.2 Å². The Kier molecular flexibility index (Phi) is 6.23. The van der Waals surface area contributed by atoms with E-state index in [9.17, 15) is 4.79 Å². The number of amides is 1. The molecule has 0 atom stereocenters. The van der Waals surface area contributed by atoms with Gasteiger partial charge in [-0.2, -0.15) is 0 Å². The van der Waals surface area contributed by atoms with Crippen LogP contribution in [0.15, 0.2) is 42.5 Å². The predicted molar refractivity (Wildman–Crippen MR) is 114 cm³/mol. The topological polar surface area (TPSA) is 64.1 Å². The lowest BCUT2D eigenvalue weighted by Gasteiger charge is -2.19. The molecule has 8 heteroatoms. The van der Waals surface area contributed by atoms with E-state index in [0.29, 0.717) is 25.7 Å². The van der Waals surface area contributed by atoms with Crippen molar-refractivity contribution in [1.29, 1.82) is 0 Å². The number of rotatable bonds is 5. The van der Waals surface area contributed by atoms with E-state index in [0.717, 1.165) is 5.75 Å². The number of ether oxygens (including phenoxy) is 1. The van der Waals surface area contributed by atoms with Gasteiger partial charge in [-0.25, -0.2) is 0 Å². The van der Waals surface area contributed by atoms with Gasteiger partial charge in [0.2, 0.25) is 5.13 Å². The molecule has 0 saturated carbocycles. The first kappa shape index (κ1) is 20.6. The van der Waals surface area contributed by atoms with E-state index < -0.39 is 0 Å². The number of aromatic nitrogens is 2. The highest BCUT2D eigenvalue weighted by Gasteiger charge is 2.14. The van der Waals surface area contributed by atoms with Crippen molar-refractivity contribution >= 4 is 45.6 Å². The number of carbonyl (C=O) groups excluding carboxylic acids is 1. The number of nitrogens with zero attached hydrogens (tertiary/aromatic N) is 2. The van der Waals surface area contributed by atoms with Crippen LogP contribution in [0.25, 0.3) is 0 Å². The first-order valence-electron chi connectivity index (χ1n) is 8.54. The van der Waals surface area contributed by atoms with Crippen LogP contribution in [0, 0.1) is 0 Å². The van der Waals surface area contributed by atoms with Crippen LogP contribution in [0.2, 0.25) is 10.0 Å². The molecule has 0 aliphatic carbocycles. The van der Waals surface area contributed by atoms with Gasteiger partial charge in [-0.3, -0.25) is 10.1 Å². The second-order valence-corrected chi connectivity index (χ2v) is 9.02. The molecular formula is C20H19Cl2N3O2S. The minimum atomic E-state index is -0.333. The Morgan fingerprint density at radius 2 is 1.79 bits per heavy atom. The molecule has 0 bridgehead atoms. The summed E-state index contributed by atoms with van der Waals surface area (Å²) in [6.07, 6.45) is 0. The van der Waals surface area contributed by atoms with E-state index >= 15 is 0 Å². The summed E-state index contributed by atoms with van der Waals surface area (Å²) in [4.78, 5) is 12.3. The fourth-order valence-corrected chi connectivity index (χ4v) is 3.31. The molecule has 28 heavy (non-hydrogen) atoms. The molecule has 0 saturated heterocycles. The number of hydrogen-bond donors (Lipinski definition) is 1. The lowest BCUT2D eigenvalue weighted by Crippen LogP contribution is -2.11. The zero-order valence-electron chi connectivity index (χ0n) is 15.6. The van der Waals surface area contributed by atoms with Crippen molar-refractivity contribution in [2.45, 2.75) is 32.8 Å².